The molecular weight excluding hydrogens is 280 g/mol. The van der Waals surface area contributed by atoms with E-state index in [4.69, 9.17) is 4.74 Å². The van der Waals surface area contributed by atoms with E-state index in [-0.39, 0.29) is 17.3 Å². The Morgan fingerprint density at radius 1 is 1.36 bits per heavy atom. The van der Waals surface area contributed by atoms with E-state index in [1.807, 2.05) is 6.92 Å². The van der Waals surface area contributed by atoms with E-state index in [9.17, 15) is 15.0 Å². The zero-order valence-electron chi connectivity index (χ0n) is 14.2. The summed E-state index contributed by atoms with van der Waals surface area (Å²) < 4.78 is 6.04. The van der Waals surface area contributed by atoms with Crippen LogP contribution in [0.1, 0.15) is 53.9 Å². The van der Waals surface area contributed by atoms with Crippen molar-refractivity contribution in [3.05, 3.63) is 23.8 Å². The van der Waals surface area contributed by atoms with E-state index < -0.39 is 17.3 Å². The van der Waals surface area contributed by atoms with Gasteiger partial charge in [0.25, 0.3) is 0 Å². The van der Waals surface area contributed by atoms with Crippen molar-refractivity contribution < 1.29 is 19.7 Å². The molecule has 0 bridgehead atoms. The van der Waals surface area contributed by atoms with Crippen molar-refractivity contribution in [2.75, 3.05) is 0 Å². The van der Waals surface area contributed by atoms with Crippen molar-refractivity contribution in [2.45, 2.75) is 77.3 Å². The SMILES string of the molecule is C/C(=C\C=C\C(C)O)C(=O)C[C@]12O[C@@]1(C)C[C@H](O)CC2(C)C. The van der Waals surface area contributed by atoms with Gasteiger partial charge in [0.2, 0.25) is 0 Å². The van der Waals surface area contributed by atoms with Crippen LogP contribution in [0, 0.1) is 5.41 Å². The lowest BCUT2D eigenvalue weighted by Crippen LogP contribution is -2.48. The quantitative estimate of drug-likeness (QED) is 0.465. The van der Waals surface area contributed by atoms with E-state index >= 15 is 0 Å². The third-order valence-corrected chi connectivity index (χ3v) is 5.26. The fraction of sp³-hybridized carbons (Fsp3) is 0.722. The topological polar surface area (TPSA) is 70.1 Å². The van der Waals surface area contributed by atoms with Crippen LogP contribution in [0.3, 0.4) is 0 Å². The summed E-state index contributed by atoms with van der Waals surface area (Å²) in [6.07, 6.45) is 5.77. The number of hydrogen-bond acceptors (Lipinski definition) is 4. The molecule has 1 unspecified atom stereocenters. The number of hydrogen-bond donors (Lipinski definition) is 2. The lowest BCUT2D eigenvalue weighted by molar-refractivity contribution is -0.118. The molecule has 2 N–H and O–H groups in total. The first-order chi connectivity index (χ1) is 10.0. The van der Waals surface area contributed by atoms with Crippen molar-refractivity contribution in [3.8, 4) is 0 Å². The fourth-order valence-corrected chi connectivity index (χ4v) is 3.98. The molecule has 1 saturated carbocycles. The van der Waals surface area contributed by atoms with E-state index in [1.165, 1.54) is 0 Å². The number of rotatable bonds is 5. The number of aliphatic hydroxyl groups is 2. The second-order valence-electron chi connectivity index (χ2n) is 7.68. The van der Waals surface area contributed by atoms with Gasteiger partial charge in [-0.25, -0.2) is 0 Å². The highest BCUT2D eigenvalue weighted by molar-refractivity contribution is 5.96. The smallest absolute Gasteiger partial charge is 0.161 e. The summed E-state index contributed by atoms with van der Waals surface area (Å²) in [5, 5.41) is 19.2. The molecule has 22 heavy (non-hydrogen) atoms. The van der Waals surface area contributed by atoms with Gasteiger partial charge in [-0.15, -0.1) is 0 Å². The summed E-state index contributed by atoms with van der Waals surface area (Å²) in [5.41, 5.74) is -0.449. The standard InChI is InChI=1S/C18H28O4/c1-12(7-6-8-13(2)19)15(21)11-18-16(3,4)9-14(20)10-17(18,5)22-18/h6-8,13-14,19-20H,9-11H2,1-5H3/b8-6+,12-7+/t13?,14-,17+,18-/m1/s1. The number of ketones is 1. The fourth-order valence-electron chi connectivity index (χ4n) is 3.98. The summed E-state index contributed by atoms with van der Waals surface area (Å²) >= 11 is 0. The summed E-state index contributed by atoms with van der Waals surface area (Å²) in [6, 6.07) is 0. The molecule has 0 radical (unpaired) electrons. The molecule has 1 heterocycles. The molecule has 4 nitrogen and oxygen atoms in total. The largest absolute Gasteiger partial charge is 0.393 e. The van der Waals surface area contributed by atoms with Crippen LogP contribution in [0.2, 0.25) is 0 Å². The van der Waals surface area contributed by atoms with Crippen molar-refractivity contribution in [1.29, 1.82) is 0 Å². The minimum absolute atomic E-state index is 0.0587. The van der Waals surface area contributed by atoms with Crippen LogP contribution < -0.4 is 0 Å². The van der Waals surface area contributed by atoms with Gasteiger partial charge in [-0.3, -0.25) is 4.79 Å². The Kier molecular flexibility index (Phi) is 4.42. The van der Waals surface area contributed by atoms with Crippen LogP contribution in [0.5, 0.6) is 0 Å². The summed E-state index contributed by atoms with van der Waals surface area (Å²) in [6.45, 7) is 9.59. The first-order valence-electron chi connectivity index (χ1n) is 7.98. The van der Waals surface area contributed by atoms with E-state index in [0.29, 0.717) is 24.8 Å². The number of allylic oxidation sites excluding steroid dienone is 3. The van der Waals surface area contributed by atoms with Crippen molar-refractivity contribution in [1.82, 2.24) is 0 Å². The molecule has 0 aromatic rings. The van der Waals surface area contributed by atoms with Gasteiger partial charge in [-0.1, -0.05) is 32.1 Å². The maximum atomic E-state index is 12.5. The van der Waals surface area contributed by atoms with Crippen molar-refractivity contribution in [3.63, 3.8) is 0 Å². The molecule has 0 spiro atoms. The minimum atomic E-state index is -0.522. The molecule has 124 valence electrons. The Bertz CT molecular complexity index is 517. The van der Waals surface area contributed by atoms with Crippen LogP contribution in [0.25, 0.3) is 0 Å². The number of aliphatic hydroxyl groups excluding tert-OH is 2. The molecule has 1 saturated heterocycles. The van der Waals surface area contributed by atoms with Crippen LogP contribution in [-0.2, 0) is 9.53 Å². The maximum Gasteiger partial charge on any atom is 0.161 e. The van der Waals surface area contributed by atoms with E-state index in [1.54, 1.807) is 32.1 Å². The van der Waals surface area contributed by atoms with E-state index in [0.717, 1.165) is 0 Å². The summed E-state index contributed by atoms with van der Waals surface area (Å²) in [5.74, 6) is 0.0587. The summed E-state index contributed by atoms with van der Waals surface area (Å²) in [7, 11) is 0. The molecule has 1 aliphatic carbocycles. The molecular formula is C18H28O4. The second kappa shape index (κ2) is 5.59. The second-order valence-corrected chi connectivity index (χ2v) is 7.68. The lowest BCUT2D eigenvalue weighted by atomic mass is 9.61. The predicted octanol–water partition coefficient (Wildman–Crippen LogP) is 2.54. The molecule has 0 aromatic heterocycles. The van der Waals surface area contributed by atoms with Crippen molar-refractivity contribution in [2.24, 2.45) is 5.41 Å². The van der Waals surface area contributed by atoms with Gasteiger partial charge >= 0.3 is 0 Å². The van der Waals surface area contributed by atoms with Gasteiger partial charge in [0, 0.05) is 12.8 Å². The zero-order valence-corrected chi connectivity index (χ0v) is 14.2. The number of fused-ring (bicyclic) bond motifs is 1. The maximum absolute atomic E-state index is 12.5. The molecule has 1 aliphatic heterocycles. The average Bonchev–Trinajstić information content (AvgIpc) is 2.93. The Morgan fingerprint density at radius 2 is 2.00 bits per heavy atom. The van der Waals surface area contributed by atoms with Crippen LogP contribution in [0.4, 0.5) is 0 Å². The van der Waals surface area contributed by atoms with Crippen molar-refractivity contribution >= 4 is 5.78 Å². The predicted molar refractivity (Wildman–Crippen MR) is 85.4 cm³/mol. The van der Waals surface area contributed by atoms with Crippen LogP contribution in [0.15, 0.2) is 23.8 Å². The first kappa shape index (κ1) is 17.4. The number of carbonyl (C=O) groups is 1. The van der Waals surface area contributed by atoms with Gasteiger partial charge in [-0.05, 0) is 38.2 Å². The third kappa shape index (κ3) is 2.92. The number of epoxide rings is 1. The van der Waals surface area contributed by atoms with Gasteiger partial charge < -0.3 is 14.9 Å². The number of carbonyl (C=O) groups excluding carboxylic acids is 1. The van der Waals surface area contributed by atoms with Gasteiger partial charge in [0.15, 0.2) is 5.78 Å². The van der Waals surface area contributed by atoms with Crippen LogP contribution >= 0.6 is 0 Å². The van der Waals surface area contributed by atoms with Gasteiger partial charge in [0.05, 0.1) is 17.8 Å². The number of Topliss-reactive ketones (excluding diaryl/α,β-unsaturated/α-hetero) is 1. The highest BCUT2D eigenvalue weighted by atomic mass is 16.6. The van der Waals surface area contributed by atoms with Crippen LogP contribution in [-0.4, -0.2) is 39.4 Å². The lowest BCUT2D eigenvalue weighted by Gasteiger charge is -2.40. The van der Waals surface area contributed by atoms with Gasteiger partial charge in [0.1, 0.15) is 5.60 Å². The molecule has 2 fully saturated rings. The monoisotopic (exact) mass is 308 g/mol. The molecule has 2 rings (SSSR count). The molecule has 4 heteroatoms. The highest BCUT2D eigenvalue weighted by Gasteiger charge is 2.76. The first-order valence-corrected chi connectivity index (χ1v) is 7.98. The Labute approximate surface area is 132 Å². The third-order valence-electron chi connectivity index (χ3n) is 5.26. The molecule has 4 atom stereocenters. The Balaban J connectivity index is 2.12. The molecule has 0 aromatic carbocycles. The molecule has 0 amide bonds. The Hall–Kier alpha value is -0.970. The highest BCUT2D eigenvalue weighted by Crippen LogP contribution is 2.67. The molecule has 2 aliphatic rings. The van der Waals surface area contributed by atoms with Gasteiger partial charge in [-0.2, -0.15) is 0 Å². The number of ether oxygens (including phenoxy) is 1. The normalized spacial score (nSPS) is 38.7. The Morgan fingerprint density at radius 3 is 2.55 bits per heavy atom. The average molecular weight is 308 g/mol. The zero-order chi connectivity index (χ0) is 16.8. The minimum Gasteiger partial charge on any atom is -0.393 e. The summed E-state index contributed by atoms with van der Waals surface area (Å²) in [4.78, 5) is 12.5. The van der Waals surface area contributed by atoms with E-state index in [2.05, 4.69) is 13.8 Å².